The predicted octanol–water partition coefficient (Wildman–Crippen LogP) is 1.30. The zero-order chi connectivity index (χ0) is 12.3. The van der Waals surface area contributed by atoms with Gasteiger partial charge in [-0.1, -0.05) is 12.1 Å². The number of nitrogen functional groups attached to an aromatic ring is 1. The minimum Gasteiger partial charge on any atom is -0.398 e. The summed E-state index contributed by atoms with van der Waals surface area (Å²) in [6.07, 6.45) is 3.06. The van der Waals surface area contributed by atoms with Gasteiger partial charge in [-0.3, -0.25) is 4.79 Å². The molecule has 2 rings (SSSR count). The molecule has 1 fully saturated rings. The number of aliphatic hydroxyl groups excluding tert-OH is 1. The normalized spacial score (nSPS) is 24.3. The molecule has 2 atom stereocenters. The van der Waals surface area contributed by atoms with Crippen molar-refractivity contribution in [3.8, 4) is 0 Å². The van der Waals surface area contributed by atoms with Crippen LogP contribution in [0.15, 0.2) is 24.3 Å². The topological polar surface area (TPSA) is 75.4 Å². The molecule has 0 heterocycles. The van der Waals surface area contributed by atoms with E-state index >= 15 is 0 Å². The summed E-state index contributed by atoms with van der Waals surface area (Å²) in [6.45, 7) is 0. The molecule has 0 saturated heterocycles. The van der Waals surface area contributed by atoms with Crippen LogP contribution in [0.1, 0.15) is 36.0 Å². The minimum absolute atomic E-state index is 0.0610. The third kappa shape index (κ3) is 2.97. The zero-order valence-corrected chi connectivity index (χ0v) is 9.73. The van der Waals surface area contributed by atoms with E-state index in [2.05, 4.69) is 5.32 Å². The zero-order valence-electron chi connectivity index (χ0n) is 9.73. The molecule has 2 unspecified atom stereocenters. The van der Waals surface area contributed by atoms with Gasteiger partial charge >= 0.3 is 0 Å². The van der Waals surface area contributed by atoms with Gasteiger partial charge in [-0.25, -0.2) is 0 Å². The molecule has 0 radical (unpaired) electrons. The van der Waals surface area contributed by atoms with Crippen LogP contribution in [0.2, 0.25) is 0 Å². The fraction of sp³-hybridized carbons (Fsp3) is 0.462. The highest BCUT2D eigenvalue weighted by Crippen LogP contribution is 2.19. The third-order valence-electron chi connectivity index (χ3n) is 3.19. The average Bonchev–Trinajstić information content (AvgIpc) is 2.29. The van der Waals surface area contributed by atoms with Crippen molar-refractivity contribution >= 4 is 11.6 Å². The first kappa shape index (κ1) is 11.9. The van der Waals surface area contributed by atoms with E-state index in [4.69, 9.17) is 5.73 Å². The van der Waals surface area contributed by atoms with Crippen LogP contribution in [0.25, 0.3) is 0 Å². The van der Waals surface area contributed by atoms with Crippen molar-refractivity contribution in [3.63, 3.8) is 0 Å². The minimum atomic E-state index is -0.290. The van der Waals surface area contributed by atoms with Gasteiger partial charge in [-0.05, 0) is 37.8 Å². The second kappa shape index (κ2) is 5.19. The van der Waals surface area contributed by atoms with Crippen LogP contribution in [-0.4, -0.2) is 23.2 Å². The third-order valence-corrected chi connectivity index (χ3v) is 3.19. The Hall–Kier alpha value is -1.55. The number of hydrogen-bond donors (Lipinski definition) is 3. The first-order valence-corrected chi connectivity index (χ1v) is 6.00. The van der Waals surface area contributed by atoms with Crippen molar-refractivity contribution in [1.29, 1.82) is 0 Å². The van der Waals surface area contributed by atoms with Crippen molar-refractivity contribution in [2.24, 2.45) is 0 Å². The molecule has 92 valence electrons. The lowest BCUT2D eigenvalue weighted by Gasteiger charge is -2.26. The number of nitrogens with one attached hydrogen (secondary N) is 1. The summed E-state index contributed by atoms with van der Waals surface area (Å²) in [5, 5.41) is 12.5. The number of benzene rings is 1. The summed E-state index contributed by atoms with van der Waals surface area (Å²) in [5.74, 6) is -0.151. The average molecular weight is 234 g/mol. The number of carbonyl (C=O) groups is 1. The second-order valence-electron chi connectivity index (χ2n) is 4.58. The molecule has 0 bridgehead atoms. The summed E-state index contributed by atoms with van der Waals surface area (Å²) in [5.41, 5.74) is 6.74. The second-order valence-corrected chi connectivity index (χ2v) is 4.58. The monoisotopic (exact) mass is 234 g/mol. The first-order chi connectivity index (χ1) is 8.16. The van der Waals surface area contributed by atoms with Crippen LogP contribution in [0, 0.1) is 0 Å². The maximum absolute atomic E-state index is 12.0. The molecule has 4 N–H and O–H groups in total. The Morgan fingerprint density at radius 2 is 2.12 bits per heavy atom. The van der Waals surface area contributed by atoms with E-state index in [-0.39, 0.29) is 18.1 Å². The van der Waals surface area contributed by atoms with Crippen LogP contribution in [0.4, 0.5) is 5.69 Å². The molecule has 1 saturated carbocycles. The maximum Gasteiger partial charge on any atom is 0.253 e. The SMILES string of the molecule is Nc1ccccc1C(=O)NC1CCCC(O)C1. The summed E-state index contributed by atoms with van der Waals surface area (Å²) in [6, 6.07) is 7.08. The van der Waals surface area contributed by atoms with Gasteiger partial charge in [0.2, 0.25) is 0 Å². The van der Waals surface area contributed by atoms with Crippen LogP contribution in [0.5, 0.6) is 0 Å². The lowest BCUT2D eigenvalue weighted by Crippen LogP contribution is -2.39. The van der Waals surface area contributed by atoms with E-state index in [1.807, 2.05) is 0 Å². The largest absolute Gasteiger partial charge is 0.398 e. The van der Waals surface area contributed by atoms with Gasteiger partial charge in [-0.15, -0.1) is 0 Å². The van der Waals surface area contributed by atoms with Crippen molar-refractivity contribution in [2.45, 2.75) is 37.8 Å². The Morgan fingerprint density at radius 1 is 1.35 bits per heavy atom. The van der Waals surface area contributed by atoms with Gasteiger partial charge in [0, 0.05) is 11.7 Å². The Kier molecular flexibility index (Phi) is 3.64. The van der Waals surface area contributed by atoms with Crippen LogP contribution >= 0.6 is 0 Å². The molecule has 4 nitrogen and oxygen atoms in total. The standard InChI is InChI=1S/C13H18N2O2/c14-12-7-2-1-6-11(12)13(17)15-9-4-3-5-10(16)8-9/h1-2,6-7,9-10,16H,3-5,8,14H2,(H,15,17). The molecule has 0 aromatic heterocycles. The molecule has 1 aromatic carbocycles. The Morgan fingerprint density at radius 3 is 2.82 bits per heavy atom. The number of rotatable bonds is 2. The van der Waals surface area contributed by atoms with Crippen molar-refractivity contribution in [1.82, 2.24) is 5.32 Å². The number of aliphatic hydroxyl groups is 1. The van der Waals surface area contributed by atoms with E-state index in [0.717, 1.165) is 19.3 Å². The maximum atomic E-state index is 12.0. The summed E-state index contributed by atoms with van der Waals surface area (Å²) < 4.78 is 0. The molecule has 1 aromatic rings. The molecule has 1 amide bonds. The fourth-order valence-corrected chi connectivity index (χ4v) is 2.26. The summed E-state index contributed by atoms with van der Waals surface area (Å²) in [4.78, 5) is 12.0. The van der Waals surface area contributed by atoms with Crippen LogP contribution in [-0.2, 0) is 0 Å². The van der Waals surface area contributed by atoms with Crippen molar-refractivity contribution in [2.75, 3.05) is 5.73 Å². The number of para-hydroxylation sites is 1. The molecular formula is C13H18N2O2. The molecule has 17 heavy (non-hydrogen) atoms. The van der Waals surface area contributed by atoms with Gasteiger partial charge < -0.3 is 16.2 Å². The Bertz CT molecular complexity index is 406. The Labute approximate surface area is 101 Å². The van der Waals surface area contributed by atoms with Crippen molar-refractivity contribution in [3.05, 3.63) is 29.8 Å². The number of anilines is 1. The lowest BCUT2D eigenvalue weighted by atomic mass is 9.93. The molecule has 0 spiro atoms. The van der Waals surface area contributed by atoms with Gasteiger partial charge in [0.05, 0.1) is 11.7 Å². The summed E-state index contributed by atoms with van der Waals surface area (Å²) in [7, 11) is 0. The van der Waals surface area contributed by atoms with E-state index in [1.54, 1.807) is 24.3 Å². The number of amides is 1. The van der Waals surface area contributed by atoms with Crippen molar-refractivity contribution < 1.29 is 9.90 Å². The highest BCUT2D eigenvalue weighted by Gasteiger charge is 2.22. The van der Waals surface area contributed by atoms with Gasteiger partial charge in [0.25, 0.3) is 5.91 Å². The Balaban J connectivity index is 1.99. The molecular weight excluding hydrogens is 216 g/mol. The van der Waals surface area contributed by atoms with E-state index in [1.165, 1.54) is 0 Å². The highest BCUT2D eigenvalue weighted by molar-refractivity contribution is 5.99. The highest BCUT2D eigenvalue weighted by atomic mass is 16.3. The molecule has 1 aliphatic carbocycles. The van der Waals surface area contributed by atoms with E-state index in [0.29, 0.717) is 17.7 Å². The first-order valence-electron chi connectivity index (χ1n) is 6.00. The van der Waals surface area contributed by atoms with E-state index in [9.17, 15) is 9.90 Å². The van der Waals surface area contributed by atoms with Gasteiger partial charge in [0.1, 0.15) is 0 Å². The van der Waals surface area contributed by atoms with Gasteiger partial charge in [0.15, 0.2) is 0 Å². The fourth-order valence-electron chi connectivity index (χ4n) is 2.26. The van der Waals surface area contributed by atoms with Gasteiger partial charge in [-0.2, -0.15) is 0 Å². The van der Waals surface area contributed by atoms with E-state index < -0.39 is 0 Å². The molecule has 4 heteroatoms. The summed E-state index contributed by atoms with van der Waals surface area (Å²) >= 11 is 0. The van der Waals surface area contributed by atoms with Crippen LogP contribution in [0.3, 0.4) is 0 Å². The number of hydrogen-bond acceptors (Lipinski definition) is 3. The quantitative estimate of drug-likeness (QED) is 0.675. The number of nitrogens with two attached hydrogens (primary N) is 1. The number of carbonyl (C=O) groups excluding carboxylic acids is 1. The van der Waals surface area contributed by atoms with Crippen LogP contribution < -0.4 is 11.1 Å². The predicted molar refractivity (Wildman–Crippen MR) is 66.6 cm³/mol. The molecule has 1 aliphatic rings. The molecule has 0 aliphatic heterocycles. The lowest BCUT2D eigenvalue weighted by molar-refractivity contribution is 0.0850. The smallest absolute Gasteiger partial charge is 0.253 e.